The van der Waals surface area contributed by atoms with Gasteiger partial charge in [-0.15, -0.1) is 13.2 Å². The van der Waals surface area contributed by atoms with Gasteiger partial charge in [-0.25, -0.2) is 0 Å². The molecule has 9 nitrogen and oxygen atoms in total. The van der Waals surface area contributed by atoms with E-state index in [-0.39, 0.29) is 41.9 Å². The Balaban J connectivity index is 1.33. The maximum atomic E-state index is 13.7. The topological polar surface area (TPSA) is 98.5 Å². The van der Waals surface area contributed by atoms with Crippen molar-refractivity contribution >= 4 is 33.3 Å². The van der Waals surface area contributed by atoms with E-state index < -0.39 is 28.6 Å². The van der Waals surface area contributed by atoms with Gasteiger partial charge in [0.2, 0.25) is 0 Å². The second-order valence-electron chi connectivity index (χ2n) is 11.1. The Hall–Kier alpha value is -3.26. The van der Waals surface area contributed by atoms with Gasteiger partial charge in [-0.3, -0.25) is 23.6 Å². The van der Waals surface area contributed by atoms with Crippen molar-refractivity contribution in [3.05, 3.63) is 59.8 Å². The molecule has 6 rings (SSSR count). The van der Waals surface area contributed by atoms with Gasteiger partial charge in [0.1, 0.15) is 11.4 Å². The van der Waals surface area contributed by atoms with E-state index in [2.05, 4.69) is 9.64 Å². The minimum Gasteiger partial charge on any atom is -0.406 e. The highest BCUT2D eigenvalue weighted by Gasteiger charge is 2.33. The van der Waals surface area contributed by atoms with E-state index in [1.54, 1.807) is 34.9 Å². The van der Waals surface area contributed by atoms with E-state index >= 15 is 0 Å². The number of nitrogens with zero attached hydrogens (tertiary/aromatic N) is 4. The number of benzene rings is 2. The lowest BCUT2D eigenvalue weighted by Gasteiger charge is -2.42. The van der Waals surface area contributed by atoms with Crippen LogP contribution in [-0.2, 0) is 0 Å². The monoisotopic (exact) mass is 606 g/mol. The molecule has 0 bridgehead atoms. The molecule has 3 aromatic rings. The number of ether oxygens (including phenoxy) is 1. The first-order valence-corrected chi connectivity index (χ1v) is 15.9. The number of fused-ring (bicyclic) bond motifs is 1. The highest BCUT2D eigenvalue weighted by atomic mass is 32.3. The van der Waals surface area contributed by atoms with Gasteiger partial charge in [0.05, 0.1) is 22.7 Å². The molecule has 0 radical (unpaired) electrons. The minimum atomic E-state index is -4.88. The van der Waals surface area contributed by atoms with Gasteiger partial charge in [-0.05, 0) is 49.2 Å². The molecule has 13 heteroatoms. The third kappa shape index (κ3) is 5.96. The van der Waals surface area contributed by atoms with Crippen LogP contribution in [0.5, 0.6) is 5.75 Å². The van der Waals surface area contributed by atoms with E-state index in [0.29, 0.717) is 35.6 Å². The number of rotatable bonds is 5. The zero-order valence-corrected chi connectivity index (χ0v) is 23.7. The molecule has 3 aliphatic rings. The van der Waals surface area contributed by atoms with Crippen LogP contribution in [0.15, 0.2) is 48.5 Å². The number of piperazine rings is 1. The lowest BCUT2D eigenvalue weighted by Crippen LogP contribution is -2.53. The van der Waals surface area contributed by atoms with E-state index in [1.807, 2.05) is 4.90 Å². The van der Waals surface area contributed by atoms with Crippen LogP contribution in [0.1, 0.15) is 40.1 Å². The lowest BCUT2D eigenvalue weighted by atomic mass is 9.91. The summed E-state index contributed by atoms with van der Waals surface area (Å²) in [6.07, 6.45) is -1.19. The SMILES string of the molecule is O=C(c1ccc2c(c1)cc(C(=O)N1CCS(O)(O)CC1)n2-c1cccc(OC(F)(F)F)c1)N1CCN(C2CCC2)CC1. The maximum absolute atomic E-state index is 13.7. The van der Waals surface area contributed by atoms with Gasteiger partial charge in [0.25, 0.3) is 11.8 Å². The van der Waals surface area contributed by atoms with Crippen LogP contribution in [-0.4, -0.2) is 103 Å². The summed E-state index contributed by atoms with van der Waals surface area (Å²) in [6.45, 7) is 3.22. The minimum absolute atomic E-state index is 0.0561. The number of carbonyl (C=O) groups excluding carboxylic acids is 2. The predicted octanol–water partition coefficient (Wildman–Crippen LogP) is 5.05. The van der Waals surface area contributed by atoms with Crippen LogP contribution in [0, 0.1) is 0 Å². The number of hydrogen-bond acceptors (Lipinski definition) is 6. The lowest BCUT2D eigenvalue weighted by molar-refractivity contribution is -0.274. The molecule has 1 aromatic heterocycles. The van der Waals surface area contributed by atoms with Crippen LogP contribution in [0.3, 0.4) is 0 Å². The molecule has 0 unspecified atom stereocenters. The average molecular weight is 607 g/mol. The third-order valence-electron chi connectivity index (χ3n) is 8.43. The molecule has 2 saturated heterocycles. The Morgan fingerprint density at radius 2 is 1.55 bits per heavy atom. The average Bonchev–Trinajstić information content (AvgIpc) is 3.30. The number of hydrogen-bond donors (Lipinski definition) is 2. The number of amides is 2. The molecular formula is C29H33F3N4O5S. The standard InChI is InChI=1S/C29H33F3N4O5S/c30-29(31,32)41-24-6-2-5-23(19-24)36-25-8-7-20(27(37)34-11-9-33(10-12-34)22-3-1-4-22)17-21(25)18-26(36)28(38)35-13-15-42(39,40)16-14-35/h2,5-8,17-19,22,39-40H,1,3-4,9-16H2. The van der Waals surface area contributed by atoms with Crippen LogP contribution in [0.25, 0.3) is 16.6 Å². The molecule has 2 amide bonds. The summed E-state index contributed by atoms with van der Waals surface area (Å²) in [5.41, 5.74) is 1.47. The van der Waals surface area contributed by atoms with Crippen LogP contribution >= 0.6 is 10.6 Å². The Morgan fingerprint density at radius 3 is 2.19 bits per heavy atom. The van der Waals surface area contributed by atoms with E-state index in [1.165, 1.54) is 42.4 Å². The summed E-state index contributed by atoms with van der Waals surface area (Å²) in [5, 5.41) is 0.584. The smallest absolute Gasteiger partial charge is 0.406 e. The first-order chi connectivity index (χ1) is 20.0. The molecule has 1 aliphatic carbocycles. The molecule has 0 spiro atoms. The number of carbonyl (C=O) groups is 2. The quantitative estimate of drug-likeness (QED) is 0.422. The van der Waals surface area contributed by atoms with Crippen LogP contribution < -0.4 is 4.74 Å². The Labute approximate surface area is 242 Å². The number of aromatic nitrogens is 1. The summed E-state index contributed by atoms with van der Waals surface area (Å²) in [4.78, 5) is 33.0. The van der Waals surface area contributed by atoms with Crippen molar-refractivity contribution in [2.45, 2.75) is 31.7 Å². The fourth-order valence-corrected chi connectivity index (χ4v) is 7.15. The molecule has 2 aromatic carbocycles. The maximum Gasteiger partial charge on any atom is 0.573 e. The summed E-state index contributed by atoms with van der Waals surface area (Å²) in [6, 6.07) is 12.7. The molecule has 2 N–H and O–H groups in total. The zero-order valence-electron chi connectivity index (χ0n) is 22.9. The van der Waals surface area contributed by atoms with Crippen molar-refractivity contribution in [1.29, 1.82) is 0 Å². The molecule has 3 fully saturated rings. The molecule has 3 heterocycles. The van der Waals surface area contributed by atoms with E-state index in [0.717, 1.165) is 13.1 Å². The van der Waals surface area contributed by atoms with Crippen molar-refractivity contribution in [3.8, 4) is 11.4 Å². The summed E-state index contributed by atoms with van der Waals surface area (Å²) in [7, 11) is -2.74. The third-order valence-corrected chi connectivity index (χ3v) is 10.1. The normalized spacial score (nSPS) is 20.8. The highest BCUT2D eigenvalue weighted by molar-refractivity contribution is 8.24. The van der Waals surface area contributed by atoms with E-state index in [4.69, 9.17) is 0 Å². The summed E-state index contributed by atoms with van der Waals surface area (Å²) in [5.74, 6) is -0.822. The number of alkyl halides is 3. The van der Waals surface area contributed by atoms with Crippen molar-refractivity contribution in [3.63, 3.8) is 0 Å². The molecule has 0 atom stereocenters. The summed E-state index contributed by atoms with van der Waals surface area (Å²) < 4.78 is 64.6. The molecule has 226 valence electrons. The highest BCUT2D eigenvalue weighted by Crippen LogP contribution is 2.41. The summed E-state index contributed by atoms with van der Waals surface area (Å²) >= 11 is 0. The zero-order chi connectivity index (χ0) is 29.6. The van der Waals surface area contributed by atoms with Gasteiger partial charge in [0.15, 0.2) is 0 Å². The van der Waals surface area contributed by atoms with Gasteiger partial charge in [0, 0.05) is 62.3 Å². The second-order valence-corrected chi connectivity index (χ2v) is 13.5. The van der Waals surface area contributed by atoms with Crippen molar-refractivity contribution in [2.75, 3.05) is 50.8 Å². The van der Waals surface area contributed by atoms with Gasteiger partial charge in [-0.1, -0.05) is 12.5 Å². The second kappa shape index (κ2) is 11.1. The fourth-order valence-electron chi connectivity index (χ4n) is 5.92. The van der Waals surface area contributed by atoms with Gasteiger partial charge >= 0.3 is 6.36 Å². The Kier molecular flexibility index (Phi) is 7.62. The van der Waals surface area contributed by atoms with Gasteiger partial charge in [-0.2, -0.15) is 10.6 Å². The predicted molar refractivity (Wildman–Crippen MR) is 154 cm³/mol. The van der Waals surface area contributed by atoms with Crippen LogP contribution in [0.4, 0.5) is 13.2 Å². The number of halogens is 3. The van der Waals surface area contributed by atoms with Crippen molar-refractivity contribution in [2.24, 2.45) is 0 Å². The van der Waals surface area contributed by atoms with Crippen LogP contribution in [0.2, 0.25) is 0 Å². The Bertz CT molecular complexity index is 1490. The first kappa shape index (κ1) is 28.8. The first-order valence-electron chi connectivity index (χ1n) is 14.1. The largest absolute Gasteiger partial charge is 0.573 e. The van der Waals surface area contributed by atoms with Gasteiger partial charge < -0.3 is 19.1 Å². The molecule has 42 heavy (non-hydrogen) atoms. The molecule has 2 aliphatic heterocycles. The van der Waals surface area contributed by atoms with Crippen molar-refractivity contribution < 1.29 is 36.6 Å². The fraction of sp³-hybridized carbons (Fsp3) is 0.448. The Morgan fingerprint density at radius 1 is 0.857 bits per heavy atom. The van der Waals surface area contributed by atoms with Crippen molar-refractivity contribution in [1.82, 2.24) is 19.3 Å². The molecule has 1 saturated carbocycles. The molecular weight excluding hydrogens is 573 g/mol. The van der Waals surface area contributed by atoms with E-state index in [9.17, 15) is 31.9 Å².